The van der Waals surface area contributed by atoms with Gasteiger partial charge in [0.25, 0.3) is 11.8 Å². The number of alkyl halides is 2. The number of hydrogen-bond donors (Lipinski definition) is 2. The molecule has 6 atom stereocenters. The number of nitrogens with zero attached hydrogens (tertiary/aromatic N) is 1. The number of amides is 4. The molecule has 2 heterocycles. The minimum Gasteiger partial charge on any atom is -0.508 e. The highest BCUT2D eigenvalue weighted by Gasteiger charge is 2.75. The second kappa shape index (κ2) is 6.47. The van der Waals surface area contributed by atoms with Crippen molar-refractivity contribution in [2.75, 3.05) is 7.05 Å². The van der Waals surface area contributed by atoms with E-state index in [4.69, 9.17) is 34.8 Å². The van der Waals surface area contributed by atoms with Crippen LogP contribution < -0.4 is 5.32 Å². The molecule has 0 radical (unpaired) electrons. The minimum absolute atomic E-state index is 0.0848. The molecule has 2 saturated heterocycles. The molecule has 4 amide bonds. The molecule has 2 N–H and O–H groups in total. The van der Waals surface area contributed by atoms with E-state index in [1.54, 1.807) is 6.08 Å². The van der Waals surface area contributed by atoms with Gasteiger partial charge < -0.3 is 5.11 Å². The van der Waals surface area contributed by atoms with Crippen molar-refractivity contribution in [3.63, 3.8) is 0 Å². The average Bonchev–Trinajstić information content (AvgIpc) is 3.08. The summed E-state index contributed by atoms with van der Waals surface area (Å²) in [5, 5.41) is 13.3. The molecular weight excluding hydrogens is 467 g/mol. The molecule has 3 fully saturated rings. The molecule has 0 aromatic heterocycles. The Morgan fingerprint density at radius 2 is 1.81 bits per heavy atom. The van der Waals surface area contributed by atoms with Crippen LogP contribution in [0.25, 0.3) is 0 Å². The third-order valence-electron chi connectivity index (χ3n) is 7.16. The van der Waals surface area contributed by atoms with Gasteiger partial charge in [0.1, 0.15) is 5.75 Å². The molecule has 2 aliphatic carbocycles. The number of likely N-dealkylation sites (tertiary alicyclic amines) is 1. The molecule has 31 heavy (non-hydrogen) atoms. The minimum atomic E-state index is -1.93. The second-order valence-electron chi connectivity index (χ2n) is 8.55. The van der Waals surface area contributed by atoms with Gasteiger partial charge in [-0.1, -0.05) is 23.3 Å². The molecular formula is C21H17Cl3N2O5. The Labute approximate surface area is 192 Å². The monoisotopic (exact) mass is 482 g/mol. The molecule has 2 aliphatic heterocycles. The van der Waals surface area contributed by atoms with Gasteiger partial charge in [0.15, 0.2) is 9.75 Å². The Bertz CT molecular complexity index is 1120. The molecule has 1 saturated carbocycles. The molecule has 0 bridgehead atoms. The van der Waals surface area contributed by atoms with Crippen LogP contribution in [0.4, 0.5) is 0 Å². The lowest BCUT2D eigenvalue weighted by Crippen LogP contribution is -2.60. The van der Waals surface area contributed by atoms with Crippen molar-refractivity contribution in [1.29, 1.82) is 0 Å². The Morgan fingerprint density at radius 1 is 1.10 bits per heavy atom. The van der Waals surface area contributed by atoms with E-state index in [2.05, 4.69) is 5.32 Å². The van der Waals surface area contributed by atoms with E-state index >= 15 is 0 Å². The Kier molecular flexibility index (Phi) is 4.34. The molecule has 1 aromatic rings. The largest absolute Gasteiger partial charge is 0.508 e. The molecule has 7 nitrogen and oxygen atoms in total. The van der Waals surface area contributed by atoms with Gasteiger partial charge in [-0.2, -0.15) is 0 Å². The van der Waals surface area contributed by atoms with Crippen LogP contribution in [0.1, 0.15) is 24.3 Å². The summed E-state index contributed by atoms with van der Waals surface area (Å²) >= 11 is 20.1. The summed E-state index contributed by atoms with van der Waals surface area (Å²) in [5.41, 5.74) is 0.842. The molecule has 10 heteroatoms. The van der Waals surface area contributed by atoms with Gasteiger partial charge in [0.05, 0.1) is 11.8 Å². The lowest BCUT2D eigenvalue weighted by molar-refractivity contribution is -0.138. The predicted molar refractivity (Wildman–Crippen MR) is 112 cm³/mol. The van der Waals surface area contributed by atoms with Crippen molar-refractivity contribution >= 4 is 58.4 Å². The van der Waals surface area contributed by atoms with Crippen molar-refractivity contribution < 1.29 is 24.3 Å². The third kappa shape index (κ3) is 2.42. The van der Waals surface area contributed by atoms with Crippen molar-refractivity contribution in [2.45, 2.75) is 28.5 Å². The number of rotatable bonds is 1. The van der Waals surface area contributed by atoms with Gasteiger partial charge in [0, 0.05) is 23.6 Å². The number of fused-ring (bicyclic) bond motifs is 4. The summed E-state index contributed by atoms with van der Waals surface area (Å²) in [7, 11) is 1.30. The Balaban J connectivity index is 1.79. The lowest BCUT2D eigenvalue weighted by Gasteiger charge is -2.50. The van der Waals surface area contributed by atoms with E-state index in [1.165, 1.54) is 25.2 Å². The Hall–Kier alpha value is -2.09. The number of hydrogen-bond acceptors (Lipinski definition) is 5. The number of carbonyl (C=O) groups is 4. The number of nitrogens with one attached hydrogen (secondary N) is 1. The van der Waals surface area contributed by atoms with Crippen LogP contribution in [0.3, 0.4) is 0 Å². The fraction of sp³-hybridized carbons (Fsp3) is 0.429. The van der Waals surface area contributed by atoms with Gasteiger partial charge in [-0.25, -0.2) is 0 Å². The third-order valence-corrected chi connectivity index (χ3v) is 8.81. The molecule has 162 valence electrons. The summed E-state index contributed by atoms with van der Waals surface area (Å²) in [4.78, 5) is 48.4. The van der Waals surface area contributed by atoms with Crippen molar-refractivity contribution in [3.05, 3.63) is 40.4 Å². The first-order valence-corrected chi connectivity index (χ1v) is 10.9. The van der Waals surface area contributed by atoms with Crippen LogP contribution in [0, 0.1) is 17.8 Å². The number of carbonyl (C=O) groups excluding carboxylic acids is 4. The van der Waals surface area contributed by atoms with E-state index in [0.717, 1.165) is 4.90 Å². The first-order valence-electron chi connectivity index (χ1n) is 9.76. The molecule has 4 aliphatic rings. The van der Waals surface area contributed by atoms with Crippen molar-refractivity contribution in [1.82, 2.24) is 10.2 Å². The summed E-state index contributed by atoms with van der Waals surface area (Å²) < 4.78 is 0. The van der Waals surface area contributed by atoms with Gasteiger partial charge in [0.2, 0.25) is 11.8 Å². The highest BCUT2D eigenvalue weighted by molar-refractivity contribution is 6.53. The summed E-state index contributed by atoms with van der Waals surface area (Å²) in [6.07, 6.45) is 1.97. The zero-order valence-corrected chi connectivity index (χ0v) is 18.5. The van der Waals surface area contributed by atoms with E-state index < -0.39 is 51.1 Å². The molecule has 0 unspecified atom stereocenters. The number of halogens is 3. The second-order valence-corrected chi connectivity index (χ2v) is 10.2. The van der Waals surface area contributed by atoms with Crippen LogP contribution in [-0.4, -0.2) is 50.4 Å². The average molecular weight is 484 g/mol. The number of phenolic OH excluding ortho intramolecular Hbond substituents is 1. The molecule has 5 rings (SSSR count). The fourth-order valence-corrected chi connectivity index (χ4v) is 6.95. The molecule has 0 spiro atoms. The maximum Gasteiger partial charge on any atom is 0.253 e. The van der Waals surface area contributed by atoms with E-state index in [-0.39, 0.29) is 30.1 Å². The summed E-state index contributed by atoms with van der Waals surface area (Å²) in [6, 6.07) is 4.34. The number of phenols is 1. The normalized spacial score (nSPS) is 39.1. The zero-order chi connectivity index (χ0) is 22.5. The number of aromatic hydroxyl groups is 1. The maximum atomic E-state index is 13.3. The SMILES string of the molecule is CN1C(=O)[C@]2(Cl)C[C@@H]3C(=CC[C@@H]4C(=O)NC(=O)[C@@H]43)[C@H](c3cc(Cl)ccc3O)[C@]2(Cl)C1=O. The van der Waals surface area contributed by atoms with E-state index in [9.17, 15) is 24.3 Å². The highest BCUT2D eigenvalue weighted by Crippen LogP contribution is 2.65. The summed E-state index contributed by atoms with van der Waals surface area (Å²) in [6.45, 7) is 0. The van der Waals surface area contributed by atoms with Crippen molar-refractivity contribution in [2.24, 2.45) is 17.8 Å². The van der Waals surface area contributed by atoms with Gasteiger partial charge in [-0.05, 0) is 37.0 Å². The first-order chi connectivity index (χ1) is 14.5. The van der Waals surface area contributed by atoms with E-state index in [1.807, 2.05) is 0 Å². The number of imide groups is 2. The smallest absolute Gasteiger partial charge is 0.253 e. The first kappa shape index (κ1) is 20.8. The van der Waals surface area contributed by atoms with Crippen LogP contribution in [0.2, 0.25) is 5.02 Å². The number of allylic oxidation sites excluding steroid dienone is 2. The topological polar surface area (TPSA) is 104 Å². The van der Waals surface area contributed by atoms with Crippen molar-refractivity contribution in [3.8, 4) is 5.75 Å². The fourth-order valence-electron chi connectivity index (χ4n) is 5.76. The standard InChI is InChI=1S/C21H17Cl3N2O5/c1-26-18(30)20(23)7-12-9(3-4-10-14(12)17(29)25-16(10)28)15(21(20,24)19(26)31)11-6-8(22)2-5-13(11)27/h2-3,5-6,10,12,14-15,27H,4,7H2,1H3,(H,25,28,29)/t10-,12+,14-,15+,20+,21-/m0/s1. The zero-order valence-electron chi connectivity index (χ0n) is 16.2. The van der Waals surface area contributed by atoms with Crippen LogP contribution in [-0.2, 0) is 19.2 Å². The van der Waals surface area contributed by atoms with Gasteiger partial charge in [-0.3, -0.25) is 29.4 Å². The Morgan fingerprint density at radius 3 is 2.52 bits per heavy atom. The van der Waals surface area contributed by atoms with Gasteiger partial charge in [-0.15, -0.1) is 23.2 Å². The van der Waals surface area contributed by atoms with Crippen LogP contribution >= 0.6 is 34.8 Å². The predicted octanol–water partition coefficient (Wildman–Crippen LogP) is 2.32. The van der Waals surface area contributed by atoms with Crippen LogP contribution in [0.15, 0.2) is 29.8 Å². The quantitative estimate of drug-likeness (QED) is 0.362. The lowest BCUT2D eigenvalue weighted by atomic mass is 9.56. The number of benzene rings is 1. The van der Waals surface area contributed by atoms with Gasteiger partial charge >= 0.3 is 0 Å². The summed E-state index contributed by atoms with van der Waals surface area (Å²) in [5.74, 6) is -5.28. The van der Waals surface area contributed by atoms with Crippen LogP contribution in [0.5, 0.6) is 5.75 Å². The molecule has 1 aromatic carbocycles. The van der Waals surface area contributed by atoms with E-state index in [0.29, 0.717) is 10.6 Å². The highest BCUT2D eigenvalue weighted by atomic mass is 35.5. The maximum absolute atomic E-state index is 13.3.